The molecular formula is C20H25NO4. The SMILES string of the molecule is COc1ccc(C(C)(C)NC(=O)CCOc2ccccc2)cc1OC. The van der Waals surface area contributed by atoms with Crippen LogP contribution >= 0.6 is 0 Å². The van der Waals surface area contributed by atoms with Crippen molar-refractivity contribution in [3.63, 3.8) is 0 Å². The van der Waals surface area contributed by atoms with Crippen LogP contribution in [0.1, 0.15) is 25.8 Å². The molecule has 0 radical (unpaired) electrons. The smallest absolute Gasteiger partial charge is 0.224 e. The van der Waals surface area contributed by atoms with E-state index < -0.39 is 5.54 Å². The zero-order valence-corrected chi connectivity index (χ0v) is 15.2. The van der Waals surface area contributed by atoms with E-state index in [1.54, 1.807) is 14.2 Å². The minimum Gasteiger partial charge on any atom is -0.493 e. The van der Waals surface area contributed by atoms with E-state index in [1.165, 1.54) is 0 Å². The number of carbonyl (C=O) groups is 1. The molecule has 5 heteroatoms. The van der Waals surface area contributed by atoms with Crippen LogP contribution < -0.4 is 19.5 Å². The molecule has 2 aromatic rings. The van der Waals surface area contributed by atoms with Crippen LogP contribution in [-0.4, -0.2) is 26.7 Å². The van der Waals surface area contributed by atoms with Crippen LogP contribution in [-0.2, 0) is 10.3 Å². The summed E-state index contributed by atoms with van der Waals surface area (Å²) in [6.07, 6.45) is 0.283. The fourth-order valence-electron chi connectivity index (χ4n) is 2.49. The second-order valence-electron chi connectivity index (χ2n) is 6.15. The molecule has 0 aliphatic heterocycles. The highest BCUT2D eigenvalue weighted by molar-refractivity contribution is 5.77. The van der Waals surface area contributed by atoms with Gasteiger partial charge in [0.15, 0.2) is 11.5 Å². The molecule has 2 rings (SSSR count). The fourth-order valence-corrected chi connectivity index (χ4v) is 2.49. The van der Waals surface area contributed by atoms with Gasteiger partial charge in [-0.1, -0.05) is 24.3 Å². The van der Waals surface area contributed by atoms with Crippen LogP contribution in [0.25, 0.3) is 0 Å². The summed E-state index contributed by atoms with van der Waals surface area (Å²) in [5.74, 6) is 1.98. The number of ether oxygens (including phenoxy) is 3. The van der Waals surface area contributed by atoms with E-state index in [-0.39, 0.29) is 12.3 Å². The number of hydrogen-bond donors (Lipinski definition) is 1. The predicted octanol–water partition coefficient (Wildman–Crippen LogP) is 3.52. The van der Waals surface area contributed by atoms with Gasteiger partial charge in [0.25, 0.3) is 0 Å². The first kappa shape index (κ1) is 18.6. The molecule has 134 valence electrons. The van der Waals surface area contributed by atoms with E-state index in [1.807, 2.05) is 62.4 Å². The van der Waals surface area contributed by atoms with Crippen molar-refractivity contribution in [3.05, 3.63) is 54.1 Å². The van der Waals surface area contributed by atoms with E-state index in [2.05, 4.69) is 5.32 Å². The largest absolute Gasteiger partial charge is 0.493 e. The molecule has 0 aliphatic carbocycles. The number of carbonyl (C=O) groups excluding carboxylic acids is 1. The Hall–Kier alpha value is -2.69. The van der Waals surface area contributed by atoms with Gasteiger partial charge < -0.3 is 19.5 Å². The standard InChI is InChI=1S/C20H25NO4/c1-20(2,15-10-11-17(23-3)18(14-15)24-4)21-19(22)12-13-25-16-8-6-5-7-9-16/h5-11,14H,12-13H2,1-4H3,(H,21,22). The highest BCUT2D eigenvalue weighted by atomic mass is 16.5. The second-order valence-corrected chi connectivity index (χ2v) is 6.15. The molecular weight excluding hydrogens is 318 g/mol. The molecule has 1 N–H and O–H groups in total. The van der Waals surface area contributed by atoms with Crippen LogP contribution in [0.2, 0.25) is 0 Å². The Morgan fingerprint density at radius 3 is 2.32 bits per heavy atom. The van der Waals surface area contributed by atoms with Gasteiger partial charge in [-0.25, -0.2) is 0 Å². The monoisotopic (exact) mass is 343 g/mol. The number of hydrogen-bond acceptors (Lipinski definition) is 4. The number of amides is 1. The maximum absolute atomic E-state index is 12.3. The lowest BCUT2D eigenvalue weighted by Gasteiger charge is -2.27. The quantitative estimate of drug-likeness (QED) is 0.797. The van der Waals surface area contributed by atoms with Gasteiger partial charge in [-0.3, -0.25) is 4.79 Å². The molecule has 0 aliphatic rings. The summed E-state index contributed by atoms with van der Waals surface area (Å²) in [6.45, 7) is 4.23. The van der Waals surface area contributed by atoms with Crippen LogP contribution in [0, 0.1) is 0 Å². The summed E-state index contributed by atoms with van der Waals surface area (Å²) in [7, 11) is 3.19. The first-order chi connectivity index (χ1) is 12.0. The van der Waals surface area contributed by atoms with Gasteiger partial charge >= 0.3 is 0 Å². The maximum atomic E-state index is 12.3. The fraction of sp³-hybridized carbons (Fsp3) is 0.350. The molecule has 0 unspecified atom stereocenters. The Morgan fingerprint density at radius 2 is 1.68 bits per heavy atom. The molecule has 0 aromatic heterocycles. The average molecular weight is 343 g/mol. The number of para-hydroxylation sites is 1. The molecule has 25 heavy (non-hydrogen) atoms. The summed E-state index contributed by atoms with van der Waals surface area (Å²) < 4.78 is 16.2. The van der Waals surface area contributed by atoms with E-state index in [0.717, 1.165) is 11.3 Å². The Balaban J connectivity index is 1.94. The van der Waals surface area contributed by atoms with Crippen LogP contribution in [0.3, 0.4) is 0 Å². The zero-order chi connectivity index (χ0) is 18.3. The maximum Gasteiger partial charge on any atom is 0.224 e. The van der Waals surface area contributed by atoms with Gasteiger partial charge in [-0.15, -0.1) is 0 Å². The van der Waals surface area contributed by atoms with Crippen molar-refractivity contribution in [2.45, 2.75) is 25.8 Å². The number of nitrogens with one attached hydrogen (secondary N) is 1. The summed E-state index contributed by atoms with van der Waals surface area (Å²) in [4.78, 5) is 12.3. The van der Waals surface area contributed by atoms with Gasteiger partial charge in [-0.2, -0.15) is 0 Å². The second kappa shape index (κ2) is 8.42. The van der Waals surface area contributed by atoms with E-state index in [4.69, 9.17) is 14.2 Å². The van der Waals surface area contributed by atoms with Crippen molar-refractivity contribution in [1.29, 1.82) is 0 Å². The van der Waals surface area contributed by atoms with Crippen molar-refractivity contribution >= 4 is 5.91 Å². The first-order valence-corrected chi connectivity index (χ1v) is 8.17. The van der Waals surface area contributed by atoms with Crippen molar-refractivity contribution in [2.75, 3.05) is 20.8 Å². The highest BCUT2D eigenvalue weighted by Crippen LogP contribution is 2.32. The average Bonchev–Trinajstić information content (AvgIpc) is 2.61. The number of rotatable bonds is 8. The Labute approximate surface area is 148 Å². The Morgan fingerprint density at radius 1 is 1.00 bits per heavy atom. The van der Waals surface area contributed by atoms with Crippen molar-refractivity contribution in [3.8, 4) is 17.2 Å². The van der Waals surface area contributed by atoms with E-state index >= 15 is 0 Å². The molecule has 0 heterocycles. The van der Waals surface area contributed by atoms with Gasteiger partial charge in [0.2, 0.25) is 5.91 Å². The molecule has 0 saturated carbocycles. The van der Waals surface area contributed by atoms with Gasteiger partial charge in [0.05, 0.1) is 32.8 Å². The third kappa shape index (κ3) is 5.14. The minimum absolute atomic E-state index is 0.0734. The molecule has 0 fully saturated rings. The molecule has 2 aromatic carbocycles. The van der Waals surface area contributed by atoms with E-state index in [9.17, 15) is 4.79 Å². The lowest BCUT2D eigenvalue weighted by atomic mass is 9.93. The lowest BCUT2D eigenvalue weighted by Crippen LogP contribution is -2.41. The number of methoxy groups -OCH3 is 2. The zero-order valence-electron chi connectivity index (χ0n) is 15.2. The molecule has 1 amide bonds. The normalized spacial score (nSPS) is 10.9. The molecule has 0 saturated heterocycles. The van der Waals surface area contributed by atoms with Gasteiger partial charge in [-0.05, 0) is 43.7 Å². The number of benzene rings is 2. The first-order valence-electron chi connectivity index (χ1n) is 8.17. The van der Waals surface area contributed by atoms with Crippen molar-refractivity contribution in [1.82, 2.24) is 5.32 Å². The Kier molecular flexibility index (Phi) is 6.28. The predicted molar refractivity (Wildman–Crippen MR) is 97.3 cm³/mol. The Bertz CT molecular complexity index is 698. The molecule has 0 bridgehead atoms. The third-order valence-corrected chi connectivity index (χ3v) is 3.90. The summed E-state index contributed by atoms with van der Waals surface area (Å²) in [5.41, 5.74) is 0.395. The summed E-state index contributed by atoms with van der Waals surface area (Å²) in [6, 6.07) is 15.1. The molecule has 0 atom stereocenters. The minimum atomic E-state index is -0.538. The van der Waals surface area contributed by atoms with Crippen LogP contribution in [0.4, 0.5) is 0 Å². The lowest BCUT2D eigenvalue weighted by molar-refractivity contribution is -0.123. The van der Waals surface area contributed by atoms with Crippen molar-refractivity contribution < 1.29 is 19.0 Å². The van der Waals surface area contributed by atoms with Crippen LogP contribution in [0.15, 0.2) is 48.5 Å². The highest BCUT2D eigenvalue weighted by Gasteiger charge is 2.24. The molecule has 5 nitrogen and oxygen atoms in total. The summed E-state index contributed by atoms with van der Waals surface area (Å²) >= 11 is 0. The topological polar surface area (TPSA) is 56.8 Å². The van der Waals surface area contributed by atoms with Gasteiger partial charge in [0, 0.05) is 0 Å². The van der Waals surface area contributed by atoms with E-state index in [0.29, 0.717) is 18.1 Å². The third-order valence-electron chi connectivity index (χ3n) is 3.90. The summed E-state index contributed by atoms with van der Waals surface area (Å²) in [5, 5.41) is 3.03. The van der Waals surface area contributed by atoms with Crippen LogP contribution in [0.5, 0.6) is 17.2 Å². The molecule has 0 spiro atoms. The van der Waals surface area contributed by atoms with Gasteiger partial charge in [0.1, 0.15) is 5.75 Å². The van der Waals surface area contributed by atoms with Crippen molar-refractivity contribution in [2.24, 2.45) is 0 Å².